The monoisotopic (exact) mass is 205 g/mol. The van der Waals surface area contributed by atoms with E-state index in [1.807, 2.05) is 0 Å². The minimum Gasteiger partial charge on any atom is -0.289 e. The summed E-state index contributed by atoms with van der Waals surface area (Å²) in [4.78, 5) is 1.19. The zero-order valence-corrected chi connectivity index (χ0v) is 8.52. The Kier molecular flexibility index (Phi) is 2.76. The minimum absolute atomic E-state index is 0.603. The van der Waals surface area contributed by atoms with Gasteiger partial charge in [-0.1, -0.05) is 23.8 Å². The van der Waals surface area contributed by atoms with Gasteiger partial charge in [0.05, 0.1) is 0 Å². The third-order valence-electron chi connectivity index (χ3n) is 2.47. The van der Waals surface area contributed by atoms with Crippen LogP contribution in [0.3, 0.4) is 0 Å². The van der Waals surface area contributed by atoms with Gasteiger partial charge < -0.3 is 0 Å². The average Bonchev–Trinajstić information content (AvgIpc) is 2.01. The van der Waals surface area contributed by atoms with Crippen molar-refractivity contribution in [2.45, 2.75) is 25.1 Å². The van der Waals surface area contributed by atoms with E-state index < -0.39 is 11.7 Å². The van der Waals surface area contributed by atoms with Gasteiger partial charge >= 0.3 is 6.18 Å². The Labute approximate surface area is 81.9 Å². The maximum Gasteiger partial charge on any atom is 0.414 e. The third kappa shape index (κ3) is 1.71. The molecule has 1 aliphatic rings. The van der Waals surface area contributed by atoms with Gasteiger partial charge in [0.15, 0.2) is 5.54 Å². The molecule has 1 unspecified atom stereocenters. The van der Waals surface area contributed by atoms with Crippen LogP contribution in [-0.4, -0.2) is 30.7 Å². The molecule has 0 spiro atoms. The fraction of sp³-hybridized carbons (Fsp3) is 0.600. The van der Waals surface area contributed by atoms with Crippen molar-refractivity contribution in [2.75, 3.05) is 14.1 Å². The van der Waals surface area contributed by atoms with Crippen molar-refractivity contribution >= 4 is 0 Å². The van der Waals surface area contributed by atoms with Gasteiger partial charge in [0.1, 0.15) is 0 Å². The lowest BCUT2D eigenvalue weighted by molar-refractivity contribution is -0.191. The molecule has 0 aromatic rings. The van der Waals surface area contributed by atoms with E-state index in [2.05, 4.69) is 0 Å². The van der Waals surface area contributed by atoms with Gasteiger partial charge in [-0.3, -0.25) is 4.90 Å². The van der Waals surface area contributed by atoms with Crippen molar-refractivity contribution in [2.24, 2.45) is 0 Å². The molecule has 0 fully saturated rings. The van der Waals surface area contributed by atoms with Crippen LogP contribution in [0, 0.1) is 0 Å². The van der Waals surface area contributed by atoms with Crippen molar-refractivity contribution in [3.05, 3.63) is 23.8 Å². The first-order chi connectivity index (χ1) is 6.29. The fourth-order valence-corrected chi connectivity index (χ4v) is 1.62. The molecule has 0 amide bonds. The molecule has 4 heteroatoms. The van der Waals surface area contributed by atoms with Crippen LogP contribution in [0.25, 0.3) is 0 Å². The number of halogens is 3. The van der Waals surface area contributed by atoms with Gasteiger partial charge in [-0.25, -0.2) is 0 Å². The highest BCUT2D eigenvalue weighted by Gasteiger charge is 2.53. The molecular weight excluding hydrogens is 191 g/mol. The smallest absolute Gasteiger partial charge is 0.289 e. The second-order valence-electron chi connectivity index (χ2n) is 3.81. The molecule has 0 saturated carbocycles. The van der Waals surface area contributed by atoms with Crippen LogP contribution in [-0.2, 0) is 0 Å². The van der Waals surface area contributed by atoms with Crippen LogP contribution in [0.5, 0.6) is 0 Å². The molecule has 1 nitrogen and oxygen atoms in total. The fourth-order valence-electron chi connectivity index (χ4n) is 1.62. The number of nitrogens with zero attached hydrogens (tertiary/aromatic N) is 1. The molecule has 0 saturated heterocycles. The van der Waals surface area contributed by atoms with E-state index in [4.69, 9.17) is 0 Å². The second-order valence-corrected chi connectivity index (χ2v) is 3.81. The van der Waals surface area contributed by atoms with E-state index in [9.17, 15) is 13.2 Å². The van der Waals surface area contributed by atoms with E-state index in [-0.39, 0.29) is 0 Å². The molecule has 14 heavy (non-hydrogen) atoms. The summed E-state index contributed by atoms with van der Waals surface area (Å²) >= 11 is 0. The van der Waals surface area contributed by atoms with Crippen molar-refractivity contribution in [3.8, 4) is 0 Å². The molecule has 0 aromatic carbocycles. The first kappa shape index (κ1) is 11.3. The van der Waals surface area contributed by atoms with Gasteiger partial charge in [-0.05, 0) is 27.4 Å². The zero-order valence-electron chi connectivity index (χ0n) is 8.52. The third-order valence-corrected chi connectivity index (χ3v) is 2.47. The van der Waals surface area contributed by atoms with E-state index in [0.29, 0.717) is 6.42 Å². The minimum atomic E-state index is -4.27. The number of hydrogen-bond acceptors (Lipinski definition) is 1. The Morgan fingerprint density at radius 3 is 2.21 bits per heavy atom. The first-order valence-corrected chi connectivity index (χ1v) is 4.40. The summed E-state index contributed by atoms with van der Waals surface area (Å²) in [6, 6.07) is 0. The predicted octanol–water partition coefficient (Wildman–Crippen LogP) is 2.76. The highest BCUT2D eigenvalue weighted by atomic mass is 19.4. The molecule has 0 radical (unpaired) electrons. The number of hydrogen-bond donors (Lipinski definition) is 0. The maximum absolute atomic E-state index is 12.9. The molecule has 0 N–H and O–H groups in total. The highest BCUT2D eigenvalue weighted by Crippen LogP contribution is 2.39. The molecule has 1 aliphatic carbocycles. The van der Waals surface area contributed by atoms with Crippen molar-refractivity contribution in [3.63, 3.8) is 0 Å². The van der Waals surface area contributed by atoms with Crippen LogP contribution >= 0.6 is 0 Å². The Bertz CT molecular complexity index is 276. The number of rotatable bonds is 1. The standard InChI is InChI=1S/C10H14F3N/c1-8-5-4-6-9(7-8,14(2)3)10(11,12)13/h4,6-7H,5H2,1-3H3. The molecule has 0 bridgehead atoms. The molecule has 0 aromatic heterocycles. The van der Waals surface area contributed by atoms with Crippen LogP contribution in [0.4, 0.5) is 13.2 Å². The molecule has 1 rings (SSSR count). The first-order valence-electron chi connectivity index (χ1n) is 4.40. The largest absolute Gasteiger partial charge is 0.414 e. The van der Waals surface area contributed by atoms with E-state index in [1.165, 1.54) is 31.1 Å². The normalized spacial score (nSPS) is 28.1. The summed E-state index contributed by atoms with van der Waals surface area (Å²) in [5.41, 5.74) is -1.17. The number of alkyl halides is 3. The van der Waals surface area contributed by atoms with Gasteiger partial charge in [0.2, 0.25) is 0 Å². The van der Waals surface area contributed by atoms with Gasteiger partial charge in [0.25, 0.3) is 0 Å². The molecule has 1 atom stereocenters. The van der Waals surface area contributed by atoms with E-state index >= 15 is 0 Å². The Morgan fingerprint density at radius 2 is 1.93 bits per heavy atom. The summed E-state index contributed by atoms with van der Waals surface area (Å²) in [6.45, 7) is 1.72. The summed E-state index contributed by atoms with van der Waals surface area (Å²) in [5, 5.41) is 0. The van der Waals surface area contributed by atoms with Crippen LogP contribution in [0.15, 0.2) is 23.8 Å². The SMILES string of the molecule is CC1=CC(N(C)C)(C(F)(F)F)C=CC1. The quantitative estimate of drug-likeness (QED) is 0.595. The van der Waals surface area contributed by atoms with Gasteiger partial charge in [-0.2, -0.15) is 13.2 Å². The summed E-state index contributed by atoms with van der Waals surface area (Å²) in [5.74, 6) is 0. The Balaban J connectivity index is 3.18. The summed E-state index contributed by atoms with van der Waals surface area (Å²) < 4.78 is 38.6. The highest BCUT2D eigenvalue weighted by molar-refractivity contribution is 5.31. The lowest BCUT2D eigenvalue weighted by Gasteiger charge is -2.38. The van der Waals surface area contributed by atoms with E-state index in [1.54, 1.807) is 13.0 Å². The van der Waals surface area contributed by atoms with Crippen molar-refractivity contribution in [1.29, 1.82) is 0 Å². The van der Waals surface area contributed by atoms with Crippen molar-refractivity contribution < 1.29 is 13.2 Å². The topological polar surface area (TPSA) is 3.24 Å². The van der Waals surface area contributed by atoms with Crippen LogP contribution < -0.4 is 0 Å². The van der Waals surface area contributed by atoms with Gasteiger partial charge in [0, 0.05) is 0 Å². The van der Waals surface area contributed by atoms with Crippen LogP contribution in [0.2, 0.25) is 0 Å². The number of likely N-dealkylation sites (N-methyl/N-ethyl adjacent to an activating group) is 1. The molecule has 0 aliphatic heterocycles. The van der Waals surface area contributed by atoms with Crippen molar-refractivity contribution in [1.82, 2.24) is 4.90 Å². The van der Waals surface area contributed by atoms with E-state index in [0.717, 1.165) is 5.57 Å². The molecular formula is C10H14F3N. The number of allylic oxidation sites excluding steroid dienone is 2. The zero-order chi connectivity index (χ0) is 11.0. The Hall–Kier alpha value is -0.770. The summed E-state index contributed by atoms with van der Waals surface area (Å²) in [7, 11) is 2.87. The molecule has 0 heterocycles. The predicted molar refractivity (Wildman–Crippen MR) is 50.0 cm³/mol. The van der Waals surface area contributed by atoms with Gasteiger partial charge in [-0.15, -0.1) is 0 Å². The summed E-state index contributed by atoms with van der Waals surface area (Å²) in [6.07, 6.45) is 0.413. The molecule has 80 valence electrons. The lowest BCUT2D eigenvalue weighted by atomic mass is 9.88. The lowest BCUT2D eigenvalue weighted by Crippen LogP contribution is -2.53. The second kappa shape index (κ2) is 3.42. The Morgan fingerprint density at radius 1 is 1.36 bits per heavy atom. The van der Waals surface area contributed by atoms with Crippen LogP contribution in [0.1, 0.15) is 13.3 Å². The average molecular weight is 205 g/mol. The maximum atomic E-state index is 12.9.